The molecule has 0 aromatic heterocycles. The van der Waals surface area contributed by atoms with Crippen molar-refractivity contribution in [3.63, 3.8) is 0 Å². The van der Waals surface area contributed by atoms with Gasteiger partial charge in [0.15, 0.2) is 0 Å². The Morgan fingerprint density at radius 3 is 2.57 bits per heavy atom. The van der Waals surface area contributed by atoms with E-state index in [0.29, 0.717) is 0 Å². The van der Waals surface area contributed by atoms with Gasteiger partial charge >= 0.3 is 5.97 Å². The van der Waals surface area contributed by atoms with E-state index in [1.54, 1.807) is 0 Å². The van der Waals surface area contributed by atoms with Crippen molar-refractivity contribution in [1.82, 2.24) is 4.72 Å². The topological polar surface area (TPSA) is 83.5 Å². The van der Waals surface area contributed by atoms with Crippen LogP contribution in [0.4, 0.5) is 8.78 Å². The van der Waals surface area contributed by atoms with Gasteiger partial charge in [0.25, 0.3) is 5.92 Å². The average Bonchev–Trinajstić information content (AvgIpc) is 2.67. The van der Waals surface area contributed by atoms with Gasteiger partial charge in [-0.15, -0.1) is 0 Å². The van der Waals surface area contributed by atoms with Gasteiger partial charge in [0, 0.05) is 6.42 Å². The number of aromatic carboxylic acids is 1. The maximum Gasteiger partial charge on any atom is 0.335 e. The first kappa shape index (κ1) is 15.8. The van der Waals surface area contributed by atoms with Crippen molar-refractivity contribution < 1.29 is 27.1 Å². The van der Waals surface area contributed by atoms with Crippen LogP contribution in [0, 0.1) is 6.92 Å². The Hall–Kier alpha value is -1.54. The summed E-state index contributed by atoms with van der Waals surface area (Å²) in [6.07, 6.45) is 0.00668. The number of rotatable bonds is 4. The highest BCUT2D eigenvalue weighted by Crippen LogP contribution is 2.36. The second-order valence-corrected chi connectivity index (χ2v) is 6.79. The fraction of sp³-hybridized carbons (Fsp3) is 0.462. The zero-order valence-corrected chi connectivity index (χ0v) is 12.1. The Kier molecular flexibility index (Phi) is 4.03. The third kappa shape index (κ3) is 3.21. The number of sulfonamides is 1. The Balaban J connectivity index is 2.30. The van der Waals surface area contributed by atoms with E-state index in [4.69, 9.17) is 5.11 Å². The first-order valence-corrected chi connectivity index (χ1v) is 7.86. The van der Waals surface area contributed by atoms with Gasteiger partial charge < -0.3 is 5.11 Å². The molecule has 8 heteroatoms. The standard InChI is InChI=1S/C13H15F2NO4S/c1-8-7-9(12(17)18)4-5-10(8)21(19,20)16-11-3-2-6-13(11,14)15/h4-5,7,11,16H,2-3,6H2,1H3,(H,17,18). The lowest BCUT2D eigenvalue weighted by atomic mass is 10.1. The van der Waals surface area contributed by atoms with Crippen molar-refractivity contribution in [3.8, 4) is 0 Å². The monoisotopic (exact) mass is 319 g/mol. The van der Waals surface area contributed by atoms with Crippen molar-refractivity contribution in [3.05, 3.63) is 29.3 Å². The minimum Gasteiger partial charge on any atom is -0.478 e. The molecule has 0 heterocycles. The van der Waals surface area contributed by atoms with E-state index < -0.39 is 28.0 Å². The van der Waals surface area contributed by atoms with Crippen molar-refractivity contribution in [1.29, 1.82) is 0 Å². The van der Waals surface area contributed by atoms with Crippen LogP contribution in [0.25, 0.3) is 0 Å². The van der Waals surface area contributed by atoms with Crippen LogP contribution in [0.2, 0.25) is 0 Å². The Bertz CT molecular complexity index is 673. The molecule has 21 heavy (non-hydrogen) atoms. The SMILES string of the molecule is Cc1cc(C(=O)O)ccc1S(=O)(=O)NC1CCCC1(F)F. The largest absolute Gasteiger partial charge is 0.478 e. The number of aryl methyl sites for hydroxylation is 1. The third-order valence-electron chi connectivity index (χ3n) is 3.52. The fourth-order valence-electron chi connectivity index (χ4n) is 2.41. The molecule has 0 spiro atoms. The lowest BCUT2D eigenvalue weighted by Gasteiger charge is -2.20. The van der Waals surface area contributed by atoms with Crippen LogP contribution in [0.1, 0.15) is 35.2 Å². The number of benzene rings is 1. The van der Waals surface area contributed by atoms with Gasteiger partial charge in [0.05, 0.1) is 16.5 Å². The lowest BCUT2D eigenvalue weighted by molar-refractivity contribution is -0.0113. The van der Waals surface area contributed by atoms with E-state index >= 15 is 0 Å². The summed E-state index contributed by atoms with van der Waals surface area (Å²) in [4.78, 5) is 10.6. The molecule has 1 fully saturated rings. The summed E-state index contributed by atoms with van der Waals surface area (Å²) in [7, 11) is -4.11. The third-order valence-corrected chi connectivity index (χ3v) is 5.15. The first-order chi connectivity index (χ1) is 9.63. The molecule has 1 atom stereocenters. The molecule has 2 N–H and O–H groups in total. The fourth-order valence-corrected chi connectivity index (χ4v) is 3.93. The molecule has 0 amide bonds. The molecule has 1 aliphatic rings. The number of carbonyl (C=O) groups is 1. The summed E-state index contributed by atoms with van der Waals surface area (Å²) in [5.41, 5.74) is 0.140. The van der Waals surface area contributed by atoms with Gasteiger partial charge in [0.1, 0.15) is 0 Å². The predicted molar refractivity (Wildman–Crippen MR) is 71.0 cm³/mol. The van der Waals surface area contributed by atoms with E-state index in [0.717, 1.165) is 12.1 Å². The van der Waals surface area contributed by atoms with Crippen LogP contribution in [0.15, 0.2) is 23.1 Å². The predicted octanol–water partition coefficient (Wildman–Crippen LogP) is 2.16. The quantitative estimate of drug-likeness (QED) is 0.891. The van der Waals surface area contributed by atoms with Gasteiger partial charge in [-0.05, 0) is 43.5 Å². The van der Waals surface area contributed by atoms with E-state index in [9.17, 15) is 22.0 Å². The zero-order chi connectivity index (χ0) is 15.8. The van der Waals surface area contributed by atoms with Crippen molar-refractivity contribution in [2.75, 3.05) is 0 Å². The molecule has 1 aromatic rings. The van der Waals surface area contributed by atoms with E-state index in [1.807, 2.05) is 4.72 Å². The minimum absolute atomic E-state index is 0.0577. The van der Waals surface area contributed by atoms with Crippen LogP contribution in [0.5, 0.6) is 0 Å². The van der Waals surface area contributed by atoms with Crippen LogP contribution in [-0.4, -0.2) is 31.5 Å². The molecule has 0 radical (unpaired) electrons. The summed E-state index contributed by atoms with van der Waals surface area (Å²) in [5.74, 6) is -4.24. The molecule has 116 valence electrons. The molecule has 2 rings (SSSR count). The van der Waals surface area contributed by atoms with Crippen LogP contribution in [-0.2, 0) is 10.0 Å². The summed E-state index contributed by atoms with van der Waals surface area (Å²) in [6, 6.07) is 2.04. The highest BCUT2D eigenvalue weighted by molar-refractivity contribution is 7.89. The summed E-state index contributed by atoms with van der Waals surface area (Å²) < 4.78 is 53.4. The normalized spacial score (nSPS) is 21.4. The molecular formula is C13H15F2NO4S. The van der Waals surface area contributed by atoms with E-state index in [2.05, 4.69) is 0 Å². The summed E-state index contributed by atoms with van der Waals surface area (Å²) >= 11 is 0. The van der Waals surface area contributed by atoms with E-state index in [-0.39, 0.29) is 35.3 Å². The number of carboxylic acid groups (broad SMARTS) is 1. The number of hydrogen-bond donors (Lipinski definition) is 2. The Morgan fingerprint density at radius 1 is 1.43 bits per heavy atom. The molecule has 1 saturated carbocycles. The van der Waals surface area contributed by atoms with E-state index in [1.165, 1.54) is 13.0 Å². The summed E-state index contributed by atoms with van der Waals surface area (Å²) in [5, 5.41) is 8.84. The zero-order valence-electron chi connectivity index (χ0n) is 11.3. The molecule has 0 aliphatic heterocycles. The molecular weight excluding hydrogens is 304 g/mol. The van der Waals surface area contributed by atoms with Crippen LogP contribution < -0.4 is 4.72 Å². The van der Waals surface area contributed by atoms with Gasteiger partial charge in [-0.1, -0.05) is 0 Å². The van der Waals surface area contributed by atoms with Crippen molar-refractivity contribution >= 4 is 16.0 Å². The average molecular weight is 319 g/mol. The Labute approximate surface area is 121 Å². The number of nitrogens with one attached hydrogen (secondary N) is 1. The molecule has 1 aliphatic carbocycles. The highest BCUT2D eigenvalue weighted by atomic mass is 32.2. The molecule has 0 bridgehead atoms. The molecule has 1 aromatic carbocycles. The number of halogens is 2. The maximum atomic E-state index is 13.5. The second kappa shape index (κ2) is 5.34. The maximum absolute atomic E-state index is 13.5. The molecule has 0 saturated heterocycles. The smallest absolute Gasteiger partial charge is 0.335 e. The number of alkyl halides is 2. The first-order valence-electron chi connectivity index (χ1n) is 6.37. The van der Waals surface area contributed by atoms with Crippen molar-refractivity contribution in [2.45, 2.75) is 43.0 Å². The molecule has 5 nitrogen and oxygen atoms in total. The van der Waals surface area contributed by atoms with Crippen molar-refractivity contribution in [2.24, 2.45) is 0 Å². The van der Waals surface area contributed by atoms with Crippen LogP contribution >= 0.6 is 0 Å². The van der Waals surface area contributed by atoms with Crippen LogP contribution in [0.3, 0.4) is 0 Å². The number of carboxylic acids is 1. The highest BCUT2D eigenvalue weighted by Gasteiger charge is 2.45. The second-order valence-electron chi connectivity index (χ2n) is 5.11. The Morgan fingerprint density at radius 2 is 2.10 bits per heavy atom. The lowest BCUT2D eigenvalue weighted by Crippen LogP contribution is -2.43. The minimum atomic E-state index is -4.11. The molecule has 1 unspecified atom stereocenters. The number of hydrogen-bond acceptors (Lipinski definition) is 3. The van der Waals surface area contributed by atoms with Gasteiger partial charge in [-0.2, -0.15) is 0 Å². The van der Waals surface area contributed by atoms with Gasteiger partial charge in [-0.3, -0.25) is 0 Å². The van der Waals surface area contributed by atoms with Gasteiger partial charge in [-0.25, -0.2) is 26.7 Å². The van der Waals surface area contributed by atoms with Gasteiger partial charge in [0.2, 0.25) is 10.0 Å². The summed E-state index contributed by atoms with van der Waals surface area (Å²) in [6.45, 7) is 1.42.